The predicted molar refractivity (Wildman–Crippen MR) is 87.5 cm³/mol. The summed E-state index contributed by atoms with van der Waals surface area (Å²) in [6.45, 7) is 9.40. The predicted octanol–water partition coefficient (Wildman–Crippen LogP) is 1.40. The number of Topliss-reactive ketones (excluding diaryl/α,β-unsaturated/α-hetero) is 1. The molecule has 0 aromatic carbocycles. The van der Waals surface area contributed by atoms with Crippen LogP contribution in [0.5, 0.6) is 0 Å². The van der Waals surface area contributed by atoms with Crippen LogP contribution in [0.15, 0.2) is 0 Å². The maximum Gasteiger partial charge on any atom is 0.244 e. The van der Waals surface area contributed by atoms with Crippen LogP contribution in [0.4, 0.5) is 0 Å². The molecule has 1 aromatic rings. The Morgan fingerprint density at radius 2 is 1.91 bits per heavy atom. The van der Waals surface area contributed by atoms with Crippen LogP contribution in [0.3, 0.4) is 0 Å². The number of amides is 1. The number of fused-ring (bicyclic) bond motifs is 1. The van der Waals surface area contributed by atoms with Crippen LogP contribution in [-0.2, 0) is 11.3 Å². The molecule has 0 radical (unpaired) electrons. The maximum absolute atomic E-state index is 12.7. The standard InChI is InChI=1S/C17H26N4O2/c1-12-17(14(3)22)13(2)21(18-12)11-16(23)20-9-5-8-19-7-4-6-15(19)10-20/h15H,4-11H2,1-3H3/t15-/m0/s1. The van der Waals surface area contributed by atoms with Gasteiger partial charge in [0.25, 0.3) is 0 Å². The maximum atomic E-state index is 12.7. The molecule has 0 aliphatic carbocycles. The Labute approximate surface area is 137 Å². The third-order valence-electron chi connectivity index (χ3n) is 5.17. The molecule has 0 bridgehead atoms. The van der Waals surface area contributed by atoms with Crippen molar-refractivity contribution in [2.24, 2.45) is 0 Å². The van der Waals surface area contributed by atoms with Crippen molar-refractivity contribution in [2.75, 3.05) is 26.2 Å². The molecule has 1 aromatic heterocycles. The summed E-state index contributed by atoms with van der Waals surface area (Å²) < 4.78 is 1.69. The average molecular weight is 318 g/mol. The third-order valence-corrected chi connectivity index (χ3v) is 5.17. The van der Waals surface area contributed by atoms with Crippen molar-refractivity contribution in [3.63, 3.8) is 0 Å². The van der Waals surface area contributed by atoms with Gasteiger partial charge in [-0.2, -0.15) is 5.10 Å². The first-order chi connectivity index (χ1) is 11.0. The smallest absolute Gasteiger partial charge is 0.244 e. The zero-order chi connectivity index (χ0) is 16.6. The molecule has 0 saturated carbocycles. The molecule has 2 aliphatic heterocycles. The van der Waals surface area contributed by atoms with Crippen molar-refractivity contribution in [3.8, 4) is 0 Å². The number of hydrogen-bond acceptors (Lipinski definition) is 4. The van der Waals surface area contributed by atoms with E-state index in [2.05, 4.69) is 10.00 Å². The molecule has 0 N–H and O–H groups in total. The Morgan fingerprint density at radius 3 is 2.61 bits per heavy atom. The molecule has 3 heterocycles. The summed E-state index contributed by atoms with van der Waals surface area (Å²) in [6, 6.07) is 0.523. The molecular formula is C17H26N4O2. The molecule has 3 rings (SSSR count). The van der Waals surface area contributed by atoms with E-state index in [0.29, 0.717) is 17.3 Å². The quantitative estimate of drug-likeness (QED) is 0.791. The lowest BCUT2D eigenvalue weighted by Gasteiger charge is -2.25. The van der Waals surface area contributed by atoms with Crippen molar-refractivity contribution < 1.29 is 9.59 Å². The highest BCUT2D eigenvalue weighted by molar-refractivity contribution is 5.96. The van der Waals surface area contributed by atoms with Gasteiger partial charge in [-0.3, -0.25) is 19.2 Å². The number of hydrogen-bond donors (Lipinski definition) is 0. The minimum atomic E-state index is 0.00932. The summed E-state index contributed by atoms with van der Waals surface area (Å²) in [6.07, 6.45) is 3.47. The highest BCUT2D eigenvalue weighted by Gasteiger charge is 2.30. The first-order valence-electron chi connectivity index (χ1n) is 8.54. The topological polar surface area (TPSA) is 58.4 Å². The molecule has 6 heteroatoms. The van der Waals surface area contributed by atoms with Gasteiger partial charge in [0.05, 0.1) is 11.3 Å². The van der Waals surface area contributed by atoms with Crippen LogP contribution in [0.2, 0.25) is 0 Å². The van der Waals surface area contributed by atoms with E-state index in [0.717, 1.165) is 31.7 Å². The fourth-order valence-corrected chi connectivity index (χ4v) is 4.02. The Bertz CT molecular complexity index is 622. The fraction of sp³-hybridized carbons (Fsp3) is 0.706. The summed E-state index contributed by atoms with van der Waals surface area (Å²) in [5.74, 6) is 0.120. The van der Waals surface area contributed by atoms with Crippen molar-refractivity contribution in [1.29, 1.82) is 0 Å². The lowest BCUT2D eigenvalue weighted by Crippen LogP contribution is -2.41. The van der Waals surface area contributed by atoms with Crippen LogP contribution < -0.4 is 0 Å². The molecule has 0 spiro atoms. The molecule has 2 aliphatic rings. The van der Waals surface area contributed by atoms with E-state index in [4.69, 9.17) is 0 Å². The second kappa shape index (κ2) is 6.43. The average Bonchev–Trinajstić information content (AvgIpc) is 2.96. The zero-order valence-corrected chi connectivity index (χ0v) is 14.3. The molecule has 1 amide bonds. The van der Waals surface area contributed by atoms with E-state index >= 15 is 0 Å². The number of carbonyl (C=O) groups excluding carboxylic acids is 2. The van der Waals surface area contributed by atoms with Gasteiger partial charge in [0.15, 0.2) is 5.78 Å². The van der Waals surface area contributed by atoms with Crippen molar-refractivity contribution >= 4 is 11.7 Å². The van der Waals surface area contributed by atoms with Gasteiger partial charge in [-0.25, -0.2) is 0 Å². The number of nitrogens with zero attached hydrogens (tertiary/aromatic N) is 4. The van der Waals surface area contributed by atoms with Crippen LogP contribution in [-0.4, -0.2) is 63.5 Å². The lowest BCUT2D eigenvalue weighted by molar-refractivity contribution is -0.132. The van der Waals surface area contributed by atoms with Crippen LogP contribution in [0.25, 0.3) is 0 Å². The summed E-state index contributed by atoms with van der Waals surface area (Å²) in [5, 5.41) is 4.39. The fourth-order valence-electron chi connectivity index (χ4n) is 4.02. The van der Waals surface area contributed by atoms with E-state index in [1.807, 2.05) is 18.7 Å². The molecule has 0 unspecified atom stereocenters. The minimum Gasteiger partial charge on any atom is -0.339 e. The SMILES string of the molecule is CC(=O)c1c(C)nn(CC(=O)N2CCCN3CCC[C@H]3C2)c1C. The van der Waals surface area contributed by atoms with Gasteiger partial charge in [-0.1, -0.05) is 0 Å². The molecule has 126 valence electrons. The van der Waals surface area contributed by atoms with E-state index in [1.54, 1.807) is 11.6 Å². The normalized spacial score (nSPS) is 22.0. The Balaban J connectivity index is 1.71. The Hall–Kier alpha value is -1.69. The summed E-state index contributed by atoms with van der Waals surface area (Å²) in [4.78, 5) is 28.9. The van der Waals surface area contributed by atoms with Gasteiger partial charge in [0, 0.05) is 31.4 Å². The Morgan fingerprint density at radius 1 is 1.17 bits per heavy atom. The minimum absolute atomic E-state index is 0.00932. The van der Waals surface area contributed by atoms with Crippen LogP contribution >= 0.6 is 0 Å². The lowest BCUT2D eigenvalue weighted by atomic mass is 10.1. The van der Waals surface area contributed by atoms with Crippen LogP contribution in [0, 0.1) is 13.8 Å². The molecule has 23 heavy (non-hydrogen) atoms. The highest BCUT2D eigenvalue weighted by atomic mass is 16.2. The molecule has 6 nitrogen and oxygen atoms in total. The second-order valence-corrected chi connectivity index (χ2v) is 6.78. The van der Waals surface area contributed by atoms with E-state index < -0.39 is 0 Å². The van der Waals surface area contributed by atoms with Gasteiger partial charge in [0.2, 0.25) is 5.91 Å². The monoisotopic (exact) mass is 318 g/mol. The van der Waals surface area contributed by atoms with Gasteiger partial charge in [-0.15, -0.1) is 0 Å². The van der Waals surface area contributed by atoms with E-state index in [1.165, 1.54) is 19.4 Å². The summed E-state index contributed by atoms with van der Waals surface area (Å²) in [5.41, 5.74) is 2.15. The number of rotatable bonds is 3. The summed E-state index contributed by atoms with van der Waals surface area (Å²) >= 11 is 0. The number of aromatic nitrogens is 2. The second-order valence-electron chi connectivity index (χ2n) is 6.78. The number of ketones is 1. The third kappa shape index (κ3) is 3.17. The molecular weight excluding hydrogens is 292 g/mol. The number of aryl methyl sites for hydroxylation is 1. The van der Waals surface area contributed by atoms with Gasteiger partial charge >= 0.3 is 0 Å². The van der Waals surface area contributed by atoms with Crippen LogP contribution in [0.1, 0.15) is 47.9 Å². The van der Waals surface area contributed by atoms with E-state index in [-0.39, 0.29) is 18.2 Å². The molecule has 2 saturated heterocycles. The first-order valence-corrected chi connectivity index (χ1v) is 8.54. The first kappa shape index (κ1) is 16.2. The van der Waals surface area contributed by atoms with Gasteiger partial charge in [-0.05, 0) is 46.6 Å². The Kier molecular flexibility index (Phi) is 4.53. The van der Waals surface area contributed by atoms with Crippen molar-refractivity contribution in [2.45, 2.75) is 52.6 Å². The summed E-state index contributed by atoms with van der Waals surface area (Å²) in [7, 11) is 0. The van der Waals surface area contributed by atoms with Crippen molar-refractivity contribution in [1.82, 2.24) is 19.6 Å². The molecule has 2 fully saturated rings. The largest absolute Gasteiger partial charge is 0.339 e. The van der Waals surface area contributed by atoms with E-state index in [9.17, 15) is 9.59 Å². The molecule has 1 atom stereocenters. The zero-order valence-electron chi connectivity index (χ0n) is 14.3. The highest BCUT2D eigenvalue weighted by Crippen LogP contribution is 2.22. The van der Waals surface area contributed by atoms with Gasteiger partial charge < -0.3 is 4.90 Å². The van der Waals surface area contributed by atoms with Crippen molar-refractivity contribution in [3.05, 3.63) is 17.0 Å². The number of carbonyl (C=O) groups is 2. The van der Waals surface area contributed by atoms with Gasteiger partial charge in [0.1, 0.15) is 6.54 Å².